The topological polar surface area (TPSA) is 25.2 Å². The number of benzene rings is 2. The number of rotatable bonds is 3. The first-order valence-electron chi connectivity index (χ1n) is 7.02. The summed E-state index contributed by atoms with van der Waals surface area (Å²) in [5.41, 5.74) is 4.35. The molecule has 1 heterocycles. The van der Waals surface area contributed by atoms with E-state index in [9.17, 15) is 0 Å². The lowest BCUT2D eigenvalue weighted by atomic mass is 10.0. The van der Waals surface area contributed by atoms with Crippen molar-refractivity contribution >= 4 is 22.6 Å². The smallest absolute Gasteiger partial charge is 0.137 e. The Morgan fingerprint density at radius 3 is 2.57 bits per heavy atom. The molecule has 0 aliphatic heterocycles. The van der Waals surface area contributed by atoms with Gasteiger partial charge in [-0.3, -0.25) is 0 Å². The third kappa shape index (κ3) is 2.69. The van der Waals surface area contributed by atoms with Crippen molar-refractivity contribution in [2.45, 2.75) is 19.9 Å². The molecule has 0 aliphatic carbocycles. The van der Waals surface area contributed by atoms with Gasteiger partial charge in [0.25, 0.3) is 0 Å². The van der Waals surface area contributed by atoms with Crippen LogP contribution in [-0.2, 0) is 0 Å². The van der Waals surface area contributed by atoms with Crippen molar-refractivity contribution in [1.82, 2.24) is 5.32 Å². The van der Waals surface area contributed by atoms with Gasteiger partial charge in [0.15, 0.2) is 0 Å². The van der Waals surface area contributed by atoms with Crippen LogP contribution in [0.5, 0.6) is 0 Å². The van der Waals surface area contributed by atoms with Crippen LogP contribution in [-0.4, -0.2) is 7.05 Å². The number of para-hydroxylation sites is 1. The summed E-state index contributed by atoms with van der Waals surface area (Å²) in [6, 6.07) is 14.4. The molecule has 0 spiro atoms. The fraction of sp³-hybridized carbons (Fsp3) is 0.222. The monoisotopic (exact) mass is 299 g/mol. The van der Waals surface area contributed by atoms with Gasteiger partial charge < -0.3 is 9.73 Å². The van der Waals surface area contributed by atoms with E-state index in [0.29, 0.717) is 0 Å². The normalized spacial score (nSPS) is 12.8. The molecular formula is C18H18ClNO. The Balaban J connectivity index is 2.11. The van der Waals surface area contributed by atoms with Crippen molar-refractivity contribution in [1.29, 1.82) is 0 Å². The molecule has 3 aromatic rings. The molecule has 108 valence electrons. The standard InChI is InChI=1S/C18H18ClNO/c1-11-7-14(9-15(19)8-11)17(20-3)16-10-13-6-4-5-12(2)18(13)21-16/h4-10,17,20H,1-3H3. The van der Waals surface area contributed by atoms with Gasteiger partial charge in [-0.15, -0.1) is 0 Å². The van der Waals surface area contributed by atoms with Crippen LogP contribution >= 0.6 is 11.6 Å². The van der Waals surface area contributed by atoms with Crippen LogP contribution in [0.3, 0.4) is 0 Å². The molecule has 3 rings (SSSR count). The maximum atomic E-state index is 6.18. The minimum absolute atomic E-state index is 0.00537. The van der Waals surface area contributed by atoms with Gasteiger partial charge in [0, 0.05) is 10.4 Å². The Labute approximate surface area is 129 Å². The molecule has 2 aromatic carbocycles. The summed E-state index contributed by atoms with van der Waals surface area (Å²) in [6.07, 6.45) is 0. The van der Waals surface area contributed by atoms with Crippen molar-refractivity contribution in [3.63, 3.8) is 0 Å². The van der Waals surface area contributed by atoms with Gasteiger partial charge in [-0.2, -0.15) is 0 Å². The molecule has 0 saturated heterocycles. The fourth-order valence-corrected chi connectivity index (χ4v) is 3.07. The number of aryl methyl sites for hydroxylation is 2. The number of hydrogen-bond acceptors (Lipinski definition) is 2. The van der Waals surface area contributed by atoms with E-state index in [4.69, 9.17) is 16.0 Å². The van der Waals surface area contributed by atoms with Gasteiger partial charge in [0.1, 0.15) is 11.3 Å². The zero-order chi connectivity index (χ0) is 15.0. The van der Waals surface area contributed by atoms with Crippen molar-refractivity contribution in [3.8, 4) is 0 Å². The average molecular weight is 300 g/mol. The first-order chi connectivity index (χ1) is 10.1. The average Bonchev–Trinajstić information content (AvgIpc) is 2.83. The molecule has 0 fully saturated rings. The highest BCUT2D eigenvalue weighted by Gasteiger charge is 2.18. The number of hydrogen-bond donors (Lipinski definition) is 1. The molecule has 1 atom stereocenters. The van der Waals surface area contributed by atoms with Crippen molar-refractivity contribution < 1.29 is 4.42 Å². The second kappa shape index (κ2) is 5.55. The summed E-state index contributed by atoms with van der Waals surface area (Å²) >= 11 is 6.18. The first kappa shape index (κ1) is 14.2. The Morgan fingerprint density at radius 2 is 1.90 bits per heavy atom. The zero-order valence-corrected chi connectivity index (χ0v) is 13.2. The zero-order valence-electron chi connectivity index (χ0n) is 12.4. The van der Waals surface area contributed by atoms with E-state index < -0.39 is 0 Å². The lowest BCUT2D eigenvalue weighted by Crippen LogP contribution is -2.17. The largest absolute Gasteiger partial charge is 0.459 e. The van der Waals surface area contributed by atoms with Gasteiger partial charge in [-0.25, -0.2) is 0 Å². The summed E-state index contributed by atoms with van der Waals surface area (Å²) < 4.78 is 6.08. The molecule has 0 bridgehead atoms. The molecular weight excluding hydrogens is 282 g/mol. The van der Waals surface area contributed by atoms with Crippen LogP contribution in [0.2, 0.25) is 5.02 Å². The maximum Gasteiger partial charge on any atom is 0.137 e. The van der Waals surface area contributed by atoms with Crippen LogP contribution in [0, 0.1) is 13.8 Å². The number of furan rings is 1. The van der Waals surface area contributed by atoms with E-state index in [-0.39, 0.29) is 6.04 Å². The number of nitrogens with one attached hydrogen (secondary N) is 1. The minimum Gasteiger partial charge on any atom is -0.459 e. The van der Waals surface area contributed by atoms with Crippen LogP contribution in [0.25, 0.3) is 11.0 Å². The van der Waals surface area contributed by atoms with Gasteiger partial charge in [-0.05, 0) is 55.8 Å². The molecule has 3 heteroatoms. The highest BCUT2D eigenvalue weighted by molar-refractivity contribution is 6.30. The predicted molar refractivity (Wildman–Crippen MR) is 88.0 cm³/mol. The highest BCUT2D eigenvalue weighted by atomic mass is 35.5. The summed E-state index contributed by atoms with van der Waals surface area (Å²) in [5, 5.41) is 5.19. The number of fused-ring (bicyclic) bond motifs is 1. The Bertz CT molecular complexity index is 771. The van der Waals surface area contributed by atoms with E-state index in [2.05, 4.69) is 42.6 Å². The van der Waals surface area contributed by atoms with Crippen LogP contribution in [0.4, 0.5) is 0 Å². The van der Waals surface area contributed by atoms with Crippen molar-refractivity contribution in [2.75, 3.05) is 7.05 Å². The van der Waals surface area contributed by atoms with E-state index >= 15 is 0 Å². The third-order valence-electron chi connectivity index (χ3n) is 3.73. The molecule has 0 radical (unpaired) electrons. The van der Waals surface area contributed by atoms with Crippen LogP contribution in [0.1, 0.15) is 28.5 Å². The summed E-state index contributed by atoms with van der Waals surface area (Å²) in [5.74, 6) is 0.906. The Morgan fingerprint density at radius 1 is 1.10 bits per heavy atom. The maximum absolute atomic E-state index is 6.18. The highest BCUT2D eigenvalue weighted by Crippen LogP contribution is 2.31. The first-order valence-corrected chi connectivity index (χ1v) is 7.39. The minimum atomic E-state index is -0.00537. The summed E-state index contributed by atoms with van der Waals surface area (Å²) in [7, 11) is 1.93. The lowest BCUT2D eigenvalue weighted by Gasteiger charge is -2.15. The van der Waals surface area contributed by atoms with Gasteiger partial charge in [-0.1, -0.05) is 35.9 Å². The quantitative estimate of drug-likeness (QED) is 0.735. The van der Waals surface area contributed by atoms with E-state index in [0.717, 1.165) is 38.4 Å². The van der Waals surface area contributed by atoms with Crippen LogP contribution < -0.4 is 5.32 Å². The lowest BCUT2D eigenvalue weighted by molar-refractivity contribution is 0.490. The van der Waals surface area contributed by atoms with E-state index in [1.807, 2.05) is 26.1 Å². The number of halogens is 1. The second-order valence-corrected chi connectivity index (χ2v) is 5.86. The molecule has 2 nitrogen and oxygen atoms in total. The molecule has 0 saturated carbocycles. The Hall–Kier alpha value is -1.77. The van der Waals surface area contributed by atoms with E-state index in [1.165, 1.54) is 0 Å². The van der Waals surface area contributed by atoms with Crippen molar-refractivity contribution in [3.05, 3.63) is 69.9 Å². The molecule has 21 heavy (non-hydrogen) atoms. The Kier molecular flexibility index (Phi) is 3.75. The van der Waals surface area contributed by atoms with Crippen molar-refractivity contribution in [2.24, 2.45) is 0 Å². The molecule has 1 unspecified atom stereocenters. The van der Waals surface area contributed by atoms with Crippen LogP contribution in [0.15, 0.2) is 46.9 Å². The predicted octanol–water partition coefficient (Wildman–Crippen LogP) is 5.01. The summed E-state index contributed by atoms with van der Waals surface area (Å²) in [6.45, 7) is 4.11. The molecule has 1 N–H and O–H groups in total. The third-order valence-corrected chi connectivity index (χ3v) is 3.95. The summed E-state index contributed by atoms with van der Waals surface area (Å²) in [4.78, 5) is 0. The molecule has 1 aromatic heterocycles. The molecule has 0 amide bonds. The van der Waals surface area contributed by atoms with Gasteiger partial charge >= 0.3 is 0 Å². The fourth-order valence-electron chi connectivity index (χ4n) is 2.78. The second-order valence-electron chi connectivity index (χ2n) is 5.43. The SMILES string of the molecule is CNC(c1cc(C)cc(Cl)c1)c1cc2cccc(C)c2o1. The van der Waals surface area contributed by atoms with Gasteiger partial charge in [0.2, 0.25) is 0 Å². The van der Waals surface area contributed by atoms with Gasteiger partial charge in [0.05, 0.1) is 6.04 Å². The molecule has 0 aliphatic rings. The van der Waals surface area contributed by atoms with E-state index in [1.54, 1.807) is 0 Å².